The molecule has 0 heterocycles. The van der Waals surface area contributed by atoms with Gasteiger partial charge in [-0.25, -0.2) is 0 Å². The highest BCUT2D eigenvalue weighted by atomic mass is 35.5. The van der Waals surface area contributed by atoms with E-state index in [0.717, 1.165) is 0 Å². The predicted molar refractivity (Wildman–Crippen MR) is 66.3 cm³/mol. The van der Waals surface area contributed by atoms with Crippen molar-refractivity contribution in [3.8, 4) is 0 Å². The number of halogens is 1. The van der Waals surface area contributed by atoms with E-state index in [1.54, 1.807) is 0 Å². The Hall–Kier alpha value is -0.490. The Labute approximate surface area is 93.3 Å². The molecule has 1 rings (SSSR count). The Morgan fingerprint density at radius 2 is 1.64 bits per heavy atom. The van der Waals surface area contributed by atoms with Crippen molar-refractivity contribution in [3.05, 3.63) is 35.4 Å². The molecule has 80 valence electrons. The van der Waals surface area contributed by atoms with Crippen LogP contribution in [0.3, 0.4) is 0 Å². The number of hydrogen-bond acceptors (Lipinski definition) is 0. The van der Waals surface area contributed by atoms with Crippen LogP contribution in [0.2, 0.25) is 0 Å². The molecular formula is C13H21Cl. The van der Waals surface area contributed by atoms with Gasteiger partial charge in [0.05, 0.1) is 0 Å². The predicted octanol–water partition coefficient (Wildman–Crippen LogP) is 4.54. The number of benzene rings is 1. The summed E-state index contributed by atoms with van der Waals surface area (Å²) in [6.45, 7) is 9.03. The van der Waals surface area contributed by atoms with Gasteiger partial charge in [0.15, 0.2) is 0 Å². The third kappa shape index (κ3) is 3.34. The Kier molecular flexibility index (Phi) is 5.87. The van der Waals surface area contributed by atoms with E-state index in [1.165, 1.54) is 23.9 Å². The molecule has 0 aliphatic heterocycles. The standard InChI is InChI=1S/C12H18.CH3Cl/c1-5-12(3,4)11-9-7-6-8-10(11)2;1-2/h6-9H,5H2,1-4H3;1H3. The van der Waals surface area contributed by atoms with Crippen molar-refractivity contribution in [2.75, 3.05) is 6.38 Å². The minimum absolute atomic E-state index is 0.325. The van der Waals surface area contributed by atoms with E-state index in [9.17, 15) is 0 Å². The minimum Gasteiger partial charge on any atom is -0.130 e. The smallest absolute Gasteiger partial charge is 0.0108 e. The summed E-state index contributed by atoms with van der Waals surface area (Å²) in [5.74, 6) is 0. The Bertz CT molecular complexity index is 264. The van der Waals surface area contributed by atoms with Crippen LogP contribution in [0.15, 0.2) is 24.3 Å². The summed E-state index contributed by atoms with van der Waals surface area (Å²) in [7, 11) is 0. The number of hydrogen-bond donors (Lipinski definition) is 0. The highest BCUT2D eigenvalue weighted by Gasteiger charge is 2.18. The molecule has 0 fully saturated rings. The molecule has 0 aliphatic carbocycles. The van der Waals surface area contributed by atoms with Crippen molar-refractivity contribution in [2.45, 2.75) is 39.5 Å². The quantitative estimate of drug-likeness (QED) is 0.632. The Morgan fingerprint density at radius 3 is 2.07 bits per heavy atom. The van der Waals surface area contributed by atoms with Crippen LogP contribution < -0.4 is 0 Å². The van der Waals surface area contributed by atoms with Gasteiger partial charge in [-0.2, -0.15) is 0 Å². The lowest BCUT2D eigenvalue weighted by Gasteiger charge is -2.25. The topological polar surface area (TPSA) is 0 Å². The van der Waals surface area contributed by atoms with Crippen molar-refractivity contribution in [1.82, 2.24) is 0 Å². The molecule has 0 nitrogen and oxygen atoms in total. The third-order valence-corrected chi connectivity index (χ3v) is 2.76. The molecule has 0 bridgehead atoms. The van der Waals surface area contributed by atoms with E-state index in [1.807, 2.05) is 0 Å². The zero-order valence-corrected chi connectivity index (χ0v) is 10.7. The molecule has 0 saturated carbocycles. The van der Waals surface area contributed by atoms with Crippen molar-refractivity contribution < 1.29 is 0 Å². The summed E-state index contributed by atoms with van der Waals surface area (Å²) in [5.41, 5.74) is 3.21. The normalized spacial score (nSPS) is 10.4. The van der Waals surface area contributed by atoms with Gasteiger partial charge in [0.1, 0.15) is 0 Å². The van der Waals surface area contributed by atoms with Gasteiger partial charge < -0.3 is 0 Å². The molecule has 0 radical (unpaired) electrons. The second-order valence-electron chi connectivity index (χ2n) is 4.05. The number of rotatable bonds is 2. The summed E-state index contributed by atoms with van der Waals surface area (Å²) in [6.07, 6.45) is 2.66. The maximum absolute atomic E-state index is 4.64. The lowest BCUT2D eigenvalue weighted by atomic mass is 9.80. The molecule has 1 aromatic carbocycles. The fourth-order valence-electron chi connectivity index (χ4n) is 1.52. The highest BCUT2D eigenvalue weighted by Crippen LogP contribution is 2.28. The zero-order valence-electron chi connectivity index (χ0n) is 9.89. The fraction of sp³-hybridized carbons (Fsp3) is 0.538. The van der Waals surface area contributed by atoms with Gasteiger partial charge in [0, 0.05) is 6.38 Å². The molecule has 0 N–H and O–H groups in total. The molecule has 0 aromatic heterocycles. The zero-order chi connectivity index (χ0) is 11.2. The molecule has 0 atom stereocenters. The summed E-state index contributed by atoms with van der Waals surface area (Å²) in [4.78, 5) is 0. The van der Waals surface area contributed by atoms with Gasteiger partial charge in [0.2, 0.25) is 0 Å². The molecule has 0 spiro atoms. The Morgan fingerprint density at radius 1 is 1.14 bits per heavy atom. The molecule has 1 heteroatoms. The van der Waals surface area contributed by atoms with Crippen molar-refractivity contribution in [1.29, 1.82) is 0 Å². The van der Waals surface area contributed by atoms with Crippen molar-refractivity contribution in [2.24, 2.45) is 0 Å². The maximum atomic E-state index is 4.64. The van der Waals surface area contributed by atoms with E-state index >= 15 is 0 Å². The van der Waals surface area contributed by atoms with E-state index in [-0.39, 0.29) is 0 Å². The van der Waals surface area contributed by atoms with Crippen molar-refractivity contribution >= 4 is 11.6 Å². The van der Waals surface area contributed by atoms with Crippen LogP contribution in [-0.2, 0) is 5.41 Å². The largest absolute Gasteiger partial charge is 0.130 e. The second-order valence-corrected chi connectivity index (χ2v) is 4.05. The SMILES string of the molecule is CCC(C)(C)c1ccccc1C.CCl. The van der Waals surface area contributed by atoms with Gasteiger partial charge >= 0.3 is 0 Å². The fourth-order valence-corrected chi connectivity index (χ4v) is 1.52. The molecule has 0 aliphatic rings. The van der Waals surface area contributed by atoms with Gasteiger partial charge in [-0.15, -0.1) is 11.6 Å². The van der Waals surface area contributed by atoms with E-state index in [2.05, 4.69) is 63.6 Å². The number of aryl methyl sites for hydroxylation is 1. The summed E-state index contributed by atoms with van der Waals surface area (Å²) in [5, 5.41) is 0. The van der Waals surface area contributed by atoms with Gasteiger partial charge in [-0.05, 0) is 29.9 Å². The lowest BCUT2D eigenvalue weighted by Crippen LogP contribution is -2.16. The average Bonchev–Trinajstić information content (AvgIpc) is 2.21. The van der Waals surface area contributed by atoms with Crippen LogP contribution in [0.5, 0.6) is 0 Å². The maximum Gasteiger partial charge on any atom is 0.0108 e. The van der Waals surface area contributed by atoms with E-state index < -0.39 is 0 Å². The van der Waals surface area contributed by atoms with E-state index in [0.29, 0.717) is 5.41 Å². The molecule has 1 aromatic rings. The average molecular weight is 213 g/mol. The molecule has 0 saturated heterocycles. The lowest BCUT2D eigenvalue weighted by molar-refractivity contribution is 0.503. The van der Waals surface area contributed by atoms with E-state index in [4.69, 9.17) is 0 Å². The monoisotopic (exact) mass is 212 g/mol. The second kappa shape index (κ2) is 6.08. The van der Waals surface area contributed by atoms with Gasteiger partial charge in [-0.1, -0.05) is 45.0 Å². The van der Waals surface area contributed by atoms with Crippen LogP contribution >= 0.6 is 11.6 Å². The first-order valence-electron chi connectivity index (χ1n) is 5.02. The molecule has 14 heavy (non-hydrogen) atoms. The molecule has 0 unspecified atom stereocenters. The minimum atomic E-state index is 0.325. The first-order chi connectivity index (χ1) is 6.58. The first-order valence-corrected chi connectivity index (χ1v) is 5.77. The summed E-state index contributed by atoms with van der Waals surface area (Å²) in [6, 6.07) is 8.65. The third-order valence-electron chi connectivity index (χ3n) is 2.76. The van der Waals surface area contributed by atoms with Gasteiger partial charge in [0.25, 0.3) is 0 Å². The molecular weight excluding hydrogens is 192 g/mol. The summed E-state index contributed by atoms with van der Waals surface area (Å²) < 4.78 is 0. The highest BCUT2D eigenvalue weighted by molar-refractivity contribution is 6.15. The van der Waals surface area contributed by atoms with Crippen LogP contribution in [0, 0.1) is 6.92 Å². The first kappa shape index (κ1) is 13.5. The van der Waals surface area contributed by atoms with Gasteiger partial charge in [-0.3, -0.25) is 0 Å². The number of alkyl halides is 1. The summed E-state index contributed by atoms with van der Waals surface area (Å²) >= 11 is 4.64. The van der Waals surface area contributed by atoms with Crippen LogP contribution in [0.25, 0.3) is 0 Å². The van der Waals surface area contributed by atoms with Crippen LogP contribution in [0.4, 0.5) is 0 Å². The van der Waals surface area contributed by atoms with Crippen molar-refractivity contribution in [3.63, 3.8) is 0 Å². The van der Waals surface area contributed by atoms with Crippen LogP contribution in [0.1, 0.15) is 38.3 Å². The Balaban J connectivity index is 0.000000791. The van der Waals surface area contributed by atoms with Crippen LogP contribution in [-0.4, -0.2) is 6.38 Å². The molecule has 0 amide bonds.